The number of ether oxygens (including phenoxy) is 5. The van der Waals surface area contributed by atoms with E-state index in [9.17, 15) is 47.9 Å². The first kappa shape index (κ1) is 47.9. The molecule has 1 aliphatic carbocycles. The van der Waals surface area contributed by atoms with E-state index in [-0.39, 0.29) is 38.1 Å². The molecule has 2 fully saturated rings. The van der Waals surface area contributed by atoms with Gasteiger partial charge in [0.05, 0.1) is 42.7 Å². The molecule has 4 amide bonds. The fourth-order valence-electron chi connectivity index (χ4n) is 6.55. The molecule has 22 heteroatoms. The number of likely N-dealkylation sites (tertiary alicyclic amines) is 1. The van der Waals surface area contributed by atoms with E-state index in [2.05, 4.69) is 16.0 Å². The van der Waals surface area contributed by atoms with Crippen molar-refractivity contribution in [1.82, 2.24) is 25.2 Å². The normalized spacial score (nSPS) is 24.5. The molecule has 0 aromatic heterocycles. The average Bonchev–Trinajstić information content (AvgIpc) is 3.06. The highest BCUT2D eigenvalue weighted by Crippen LogP contribution is 2.32. The van der Waals surface area contributed by atoms with Gasteiger partial charge in [-0.05, 0) is 93.7 Å². The number of para-hydroxylation sites is 1. The molecular formula is C38H58N6O15S. The van der Waals surface area contributed by atoms with Crippen LogP contribution in [0.4, 0.5) is 20.1 Å². The molecule has 0 spiro atoms. The highest BCUT2D eigenvalue weighted by Gasteiger charge is 2.52. The second kappa shape index (κ2) is 18.1. The quantitative estimate of drug-likeness (QED) is 0.122. The van der Waals surface area contributed by atoms with Crippen molar-refractivity contribution in [3.8, 4) is 0 Å². The number of aliphatic hydroxyl groups is 2. The summed E-state index contributed by atoms with van der Waals surface area (Å²) in [5.41, 5.74) is -5.20. The molecule has 0 radical (unpaired) electrons. The van der Waals surface area contributed by atoms with Crippen LogP contribution in [-0.2, 0) is 38.5 Å². The fourth-order valence-corrected chi connectivity index (χ4v) is 7.84. The second-order valence-electron chi connectivity index (χ2n) is 18.1. The first-order chi connectivity index (χ1) is 27.5. The van der Waals surface area contributed by atoms with Gasteiger partial charge in [0.2, 0.25) is 16.3 Å². The summed E-state index contributed by atoms with van der Waals surface area (Å²) in [5.74, 6) is -0.782. The molecule has 1 aromatic carbocycles. The Morgan fingerprint density at radius 1 is 0.917 bits per heavy atom. The molecule has 2 heterocycles. The Kier molecular flexibility index (Phi) is 14.4. The predicted octanol–water partition coefficient (Wildman–Crippen LogP) is 2.64. The molecule has 5 N–H and O–H groups in total. The summed E-state index contributed by atoms with van der Waals surface area (Å²) >= 11 is 0. The van der Waals surface area contributed by atoms with Crippen LogP contribution in [0.5, 0.6) is 0 Å². The van der Waals surface area contributed by atoms with Crippen LogP contribution in [0.25, 0.3) is 0 Å². The van der Waals surface area contributed by atoms with Crippen molar-refractivity contribution in [1.29, 1.82) is 0 Å². The number of nitro benzene ring substituents is 1. The maximum atomic E-state index is 13.5. The minimum atomic E-state index is -4.44. The summed E-state index contributed by atoms with van der Waals surface area (Å²) in [6.45, 7) is 13.8. The Balaban J connectivity index is 1.57. The van der Waals surface area contributed by atoms with Gasteiger partial charge in [0.25, 0.3) is 11.6 Å². The van der Waals surface area contributed by atoms with Crippen molar-refractivity contribution in [3.05, 3.63) is 46.2 Å². The first-order valence-electron chi connectivity index (χ1n) is 19.4. The van der Waals surface area contributed by atoms with Crippen molar-refractivity contribution in [3.63, 3.8) is 0 Å². The number of nitrogens with one attached hydrogen (secondary N) is 3. The Morgan fingerprint density at radius 3 is 2.02 bits per heavy atom. The molecule has 4 rings (SSSR count). The first-order valence-corrected chi connectivity index (χ1v) is 20.8. The van der Waals surface area contributed by atoms with E-state index < -0.39 is 115 Å². The van der Waals surface area contributed by atoms with Crippen LogP contribution in [0.2, 0.25) is 0 Å². The van der Waals surface area contributed by atoms with Gasteiger partial charge < -0.3 is 54.7 Å². The topological polar surface area (TPSA) is 275 Å². The summed E-state index contributed by atoms with van der Waals surface area (Å²) in [6.07, 6.45) is -5.30. The summed E-state index contributed by atoms with van der Waals surface area (Å²) in [4.78, 5) is 63.4. The van der Waals surface area contributed by atoms with Crippen molar-refractivity contribution in [2.45, 2.75) is 145 Å². The number of likely N-dealkylation sites (N-methyl/N-ethyl adjacent to an activating group) is 1. The smallest absolute Gasteiger partial charge is 0.410 e. The third kappa shape index (κ3) is 12.9. The van der Waals surface area contributed by atoms with Crippen LogP contribution in [0.1, 0.15) is 81.6 Å². The van der Waals surface area contributed by atoms with E-state index in [4.69, 9.17) is 23.7 Å². The van der Waals surface area contributed by atoms with Gasteiger partial charge in [0.1, 0.15) is 28.7 Å². The average molecular weight is 871 g/mol. The number of hydrogen-bond acceptors (Lipinski definition) is 15. The van der Waals surface area contributed by atoms with Crippen molar-refractivity contribution in [2.75, 3.05) is 26.7 Å². The van der Waals surface area contributed by atoms with Gasteiger partial charge in [-0.15, -0.1) is 0 Å². The van der Waals surface area contributed by atoms with E-state index in [0.717, 1.165) is 16.4 Å². The SMILES string of the molecule is CN(CC1=CC[C@@H](NC(=O)OC(C)(C)C)[C@@H](O[C@H]2[C@H](O)C[C@H](NC(=O)C3(O)CN(C(=O)OC(C)(C)C)C3)C[C@@H]2NC(=O)OC(C)(C)C)O1)S(=O)(=O)c1ccccc1[N+](=O)[O-]. The molecule has 0 unspecified atom stereocenters. The molecule has 336 valence electrons. The number of β-amino-alcohol motifs (C(OH)–C–C–N with tert-alkyl or cyclic N) is 1. The van der Waals surface area contributed by atoms with E-state index in [1.807, 2.05) is 0 Å². The summed E-state index contributed by atoms with van der Waals surface area (Å²) in [6, 6.07) is 1.93. The minimum absolute atomic E-state index is 0.00314. The molecule has 6 atom stereocenters. The maximum Gasteiger partial charge on any atom is 0.410 e. The molecule has 1 aromatic rings. The number of nitrogens with zero attached hydrogens (tertiary/aromatic N) is 3. The third-order valence-electron chi connectivity index (χ3n) is 9.17. The number of aliphatic hydroxyl groups excluding tert-OH is 1. The standard InChI is InChI=1S/C38H58N6O15S/c1-35(2,3)57-32(47)40-24-16-15-23(19-42(10)60(53,54)28-14-12-11-13-26(28)44(51)52)55-30(24)56-29-25(41-33(48)58-36(4,5)6)17-22(18-27(29)45)39-31(46)38(50)20-43(21-38)34(49)59-37(7,8)9/h11-15,22,24-25,27,29-30,45,50H,16-21H2,1-10H3,(H,39,46)(H,40,47)(H,41,48)/t22-,24-,25+,27-,29-,30-/m1/s1. The number of carbonyl (C=O) groups is 4. The Labute approximate surface area is 349 Å². The van der Waals surface area contributed by atoms with Crippen LogP contribution in [0, 0.1) is 10.1 Å². The van der Waals surface area contributed by atoms with Gasteiger partial charge in [-0.1, -0.05) is 12.1 Å². The van der Waals surface area contributed by atoms with Gasteiger partial charge in [0, 0.05) is 19.2 Å². The zero-order valence-electron chi connectivity index (χ0n) is 35.5. The van der Waals surface area contributed by atoms with E-state index in [0.29, 0.717) is 0 Å². The third-order valence-corrected chi connectivity index (χ3v) is 11.0. The largest absolute Gasteiger partial charge is 0.466 e. The second-order valence-corrected chi connectivity index (χ2v) is 20.1. The van der Waals surface area contributed by atoms with Crippen LogP contribution in [0.15, 0.2) is 41.0 Å². The Hall–Kier alpha value is -4.77. The zero-order chi connectivity index (χ0) is 45.2. The highest BCUT2D eigenvalue weighted by molar-refractivity contribution is 7.89. The van der Waals surface area contributed by atoms with Gasteiger partial charge >= 0.3 is 18.3 Å². The van der Waals surface area contributed by atoms with Gasteiger partial charge in [-0.25, -0.2) is 22.8 Å². The fraction of sp³-hybridized carbons (Fsp3) is 0.684. The Bertz CT molecular complexity index is 1920. The van der Waals surface area contributed by atoms with E-state index in [1.54, 1.807) is 62.3 Å². The van der Waals surface area contributed by atoms with Gasteiger partial charge in [-0.3, -0.25) is 14.9 Å². The van der Waals surface area contributed by atoms with Crippen molar-refractivity contribution < 1.29 is 66.4 Å². The maximum absolute atomic E-state index is 13.5. The number of alkyl carbamates (subject to hydrolysis) is 2. The zero-order valence-corrected chi connectivity index (χ0v) is 36.4. The van der Waals surface area contributed by atoms with Crippen molar-refractivity contribution in [2.24, 2.45) is 0 Å². The van der Waals surface area contributed by atoms with E-state index >= 15 is 0 Å². The van der Waals surface area contributed by atoms with E-state index in [1.165, 1.54) is 30.2 Å². The lowest BCUT2D eigenvalue weighted by Gasteiger charge is -2.46. The molecule has 60 heavy (non-hydrogen) atoms. The van der Waals surface area contributed by atoms with Crippen molar-refractivity contribution >= 4 is 39.9 Å². The number of carbonyl (C=O) groups excluding carboxylic acids is 4. The molecular weight excluding hydrogens is 813 g/mol. The lowest BCUT2D eigenvalue weighted by Crippen LogP contribution is -2.71. The minimum Gasteiger partial charge on any atom is -0.466 e. The summed E-state index contributed by atoms with van der Waals surface area (Å²) in [7, 11) is -3.24. The summed E-state index contributed by atoms with van der Waals surface area (Å²) < 4.78 is 56.6. The molecule has 3 aliphatic rings. The number of amides is 4. The number of sulfonamides is 1. The molecule has 2 aliphatic heterocycles. The van der Waals surface area contributed by atoms with Crippen LogP contribution in [-0.4, -0.2) is 143 Å². The Morgan fingerprint density at radius 2 is 1.47 bits per heavy atom. The van der Waals surface area contributed by atoms with Crippen LogP contribution >= 0.6 is 0 Å². The monoisotopic (exact) mass is 870 g/mol. The van der Waals surface area contributed by atoms with Crippen LogP contribution < -0.4 is 16.0 Å². The van der Waals surface area contributed by atoms with Gasteiger partial charge in [-0.2, -0.15) is 4.31 Å². The molecule has 0 bridgehead atoms. The number of nitro groups is 1. The molecule has 1 saturated heterocycles. The predicted molar refractivity (Wildman–Crippen MR) is 212 cm³/mol. The van der Waals surface area contributed by atoms with Gasteiger partial charge in [0.15, 0.2) is 10.5 Å². The molecule has 21 nitrogen and oxygen atoms in total. The number of rotatable bonds is 11. The highest BCUT2D eigenvalue weighted by atomic mass is 32.2. The number of hydrogen-bond donors (Lipinski definition) is 5. The lowest BCUT2D eigenvalue weighted by molar-refractivity contribution is -0.387. The lowest BCUT2D eigenvalue weighted by atomic mass is 9.84. The molecule has 1 saturated carbocycles. The van der Waals surface area contributed by atoms with Crippen LogP contribution in [0.3, 0.4) is 0 Å². The summed E-state index contributed by atoms with van der Waals surface area (Å²) in [5, 5.41) is 42.4. The number of benzene rings is 1.